The molecule has 1 N–H and O–H groups in total. The lowest BCUT2D eigenvalue weighted by molar-refractivity contribution is -0.137. The number of halogens is 3. The monoisotopic (exact) mass is 391 g/mol. The van der Waals surface area contributed by atoms with Crippen LogP contribution in [0.15, 0.2) is 18.2 Å². The van der Waals surface area contributed by atoms with Gasteiger partial charge in [-0.2, -0.15) is 0 Å². The zero-order chi connectivity index (χ0) is 17.1. The van der Waals surface area contributed by atoms with Gasteiger partial charge in [0.15, 0.2) is 6.10 Å². The third-order valence-electron chi connectivity index (χ3n) is 4.69. The summed E-state index contributed by atoms with van der Waals surface area (Å²) in [5, 5.41) is 3.52. The molecule has 0 bridgehead atoms. The molecule has 0 aliphatic carbocycles. The van der Waals surface area contributed by atoms with Crippen LogP contribution in [-0.2, 0) is 4.79 Å². The number of piperazine rings is 1. The van der Waals surface area contributed by atoms with E-state index >= 15 is 0 Å². The SMILES string of the molecule is CC(Oc1ccc(F)cc1Cl)C(=O)N1CCC(N2CCNCC2)C1.Cl. The van der Waals surface area contributed by atoms with Crippen LogP contribution in [0, 0.1) is 5.82 Å². The fourth-order valence-corrected chi connectivity index (χ4v) is 3.57. The molecule has 8 heteroatoms. The molecule has 2 aliphatic heterocycles. The van der Waals surface area contributed by atoms with Crippen molar-refractivity contribution in [3.63, 3.8) is 0 Å². The van der Waals surface area contributed by atoms with E-state index in [0.29, 0.717) is 11.8 Å². The first kappa shape index (κ1) is 20.2. The first-order valence-corrected chi connectivity index (χ1v) is 8.77. The second-order valence-corrected chi connectivity index (χ2v) is 6.75. The lowest BCUT2D eigenvalue weighted by Gasteiger charge is -2.32. The molecule has 1 aromatic carbocycles. The fourth-order valence-electron chi connectivity index (χ4n) is 3.36. The molecule has 2 saturated heterocycles. The van der Waals surface area contributed by atoms with Crippen LogP contribution in [0.3, 0.4) is 0 Å². The highest BCUT2D eigenvalue weighted by Crippen LogP contribution is 2.26. The van der Waals surface area contributed by atoms with Gasteiger partial charge in [0.05, 0.1) is 5.02 Å². The Balaban J connectivity index is 0.00000225. The Morgan fingerprint density at radius 3 is 2.76 bits per heavy atom. The molecular weight excluding hydrogens is 368 g/mol. The van der Waals surface area contributed by atoms with Crippen LogP contribution in [-0.4, -0.2) is 67.1 Å². The Kier molecular flexibility index (Phi) is 7.31. The summed E-state index contributed by atoms with van der Waals surface area (Å²) in [5.74, 6) is -0.144. The average Bonchev–Trinajstić information content (AvgIpc) is 3.07. The molecule has 2 aliphatic rings. The number of hydrogen-bond donors (Lipinski definition) is 1. The number of likely N-dealkylation sites (tertiary alicyclic amines) is 1. The highest BCUT2D eigenvalue weighted by molar-refractivity contribution is 6.32. The molecule has 0 aromatic heterocycles. The molecule has 0 radical (unpaired) electrons. The van der Waals surface area contributed by atoms with Crippen LogP contribution in [0.4, 0.5) is 4.39 Å². The van der Waals surface area contributed by atoms with E-state index in [2.05, 4.69) is 10.2 Å². The molecule has 5 nitrogen and oxygen atoms in total. The zero-order valence-electron chi connectivity index (χ0n) is 14.2. The van der Waals surface area contributed by atoms with Crippen molar-refractivity contribution in [3.05, 3.63) is 29.0 Å². The maximum Gasteiger partial charge on any atom is 0.263 e. The van der Waals surface area contributed by atoms with E-state index in [1.165, 1.54) is 18.2 Å². The summed E-state index contributed by atoms with van der Waals surface area (Å²) in [7, 11) is 0. The zero-order valence-corrected chi connectivity index (χ0v) is 15.8. The largest absolute Gasteiger partial charge is 0.479 e. The number of hydrogen-bond acceptors (Lipinski definition) is 4. The minimum absolute atomic E-state index is 0. The van der Waals surface area contributed by atoms with Crippen molar-refractivity contribution in [3.8, 4) is 5.75 Å². The predicted octanol–water partition coefficient (Wildman–Crippen LogP) is 2.17. The number of benzene rings is 1. The van der Waals surface area contributed by atoms with Crippen LogP contribution in [0.25, 0.3) is 0 Å². The second kappa shape index (κ2) is 9.03. The van der Waals surface area contributed by atoms with Crippen molar-refractivity contribution in [2.24, 2.45) is 0 Å². The summed E-state index contributed by atoms with van der Waals surface area (Å²) < 4.78 is 18.7. The molecule has 0 spiro atoms. The van der Waals surface area contributed by atoms with Gasteiger partial charge in [-0.1, -0.05) is 11.6 Å². The topological polar surface area (TPSA) is 44.8 Å². The van der Waals surface area contributed by atoms with E-state index in [4.69, 9.17) is 16.3 Å². The predicted molar refractivity (Wildman–Crippen MR) is 98.2 cm³/mol. The van der Waals surface area contributed by atoms with E-state index in [9.17, 15) is 9.18 Å². The Bertz CT molecular complexity index is 599. The van der Waals surface area contributed by atoms with Gasteiger partial charge in [0.25, 0.3) is 5.91 Å². The number of amides is 1. The fraction of sp³-hybridized carbons (Fsp3) is 0.588. The Morgan fingerprint density at radius 2 is 2.08 bits per heavy atom. The van der Waals surface area contributed by atoms with Gasteiger partial charge < -0.3 is 15.0 Å². The second-order valence-electron chi connectivity index (χ2n) is 6.35. The number of ether oxygens (including phenoxy) is 1. The van der Waals surface area contributed by atoms with Gasteiger partial charge in [-0.15, -0.1) is 12.4 Å². The molecule has 1 aromatic rings. The molecule has 2 unspecified atom stereocenters. The lowest BCUT2D eigenvalue weighted by Crippen LogP contribution is -2.50. The Hall–Kier alpha value is -1.08. The summed E-state index contributed by atoms with van der Waals surface area (Å²) in [5.41, 5.74) is 0. The van der Waals surface area contributed by atoms with Crippen molar-refractivity contribution in [2.75, 3.05) is 39.3 Å². The van der Waals surface area contributed by atoms with Crippen LogP contribution in [0.5, 0.6) is 5.75 Å². The highest BCUT2D eigenvalue weighted by Gasteiger charge is 2.33. The van der Waals surface area contributed by atoms with Gasteiger partial charge in [-0.25, -0.2) is 4.39 Å². The first-order chi connectivity index (χ1) is 11.5. The van der Waals surface area contributed by atoms with E-state index < -0.39 is 11.9 Å². The summed E-state index contributed by atoms with van der Waals surface area (Å²) in [6, 6.07) is 4.34. The van der Waals surface area contributed by atoms with Crippen LogP contribution in [0.1, 0.15) is 13.3 Å². The van der Waals surface area contributed by atoms with Crippen LogP contribution in [0.2, 0.25) is 5.02 Å². The number of nitrogens with zero attached hydrogens (tertiary/aromatic N) is 2. The number of carbonyl (C=O) groups excluding carboxylic acids is 1. The van der Waals surface area contributed by atoms with Gasteiger partial charge in [0.1, 0.15) is 11.6 Å². The van der Waals surface area contributed by atoms with Gasteiger partial charge in [0.2, 0.25) is 0 Å². The van der Waals surface area contributed by atoms with Crippen LogP contribution < -0.4 is 10.1 Å². The molecule has 2 atom stereocenters. The summed E-state index contributed by atoms with van der Waals surface area (Å²) in [6.07, 6.45) is 0.352. The molecule has 3 rings (SSSR count). The normalized spacial score (nSPS) is 22.4. The lowest BCUT2D eigenvalue weighted by atomic mass is 10.2. The summed E-state index contributed by atoms with van der Waals surface area (Å²) in [6.45, 7) is 7.27. The van der Waals surface area contributed by atoms with Crippen molar-refractivity contribution in [1.29, 1.82) is 0 Å². The summed E-state index contributed by atoms with van der Waals surface area (Å²) in [4.78, 5) is 16.9. The third kappa shape index (κ3) is 4.97. The van der Waals surface area contributed by atoms with E-state index in [1.807, 2.05) is 4.90 Å². The summed E-state index contributed by atoms with van der Waals surface area (Å²) >= 11 is 5.96. The van der Waals surface area contributed by atoms with Gasteiger partial charge in [-0.05, 0) is 31.5 Å². The smallest absolute Gasteiger partial charge is 0.263 e. The minimum Gasteiger partial charge on any atom is -0.479 e. The van der Waals surface area contributed by atoms with Crippen molar-refractivity contribution in [2.45, 2.75) is 25.5 Å². The molecule has 2 heterocycles. The number of rotatable bonds is 4. The van der Waals surface area contributed by atoms with E-state index in [-0.39, 0.29) is 23.3 Å². The van der Waals surface area contributed by atoms with Gasteiger partial charge >= 0.3 is 0 Å². The maximum atomic E-state index is 13.1. The standard InChI is InChI=1S/C17H23ClFN3O2.ClH/c1-12(24-16-3-2-13(19)10-15(16)18)17(23)22-7-4-14(11-22)21-8-5-20-6-9-21;/h2-3,10,12,14,20H,4-9,11H2,1H3;1H. The third-order valence-corrected chi connectivity index (χ3v) is 4.98. The number of carbonyl (C=O) groups is 1. The van der Waals surface area contributed by atoms with Crippen LogP contribution >= 0.6 is 24.0 Å². The molecule has 2 fully saturated rings. The number of nitrogens with one attached hydrogen (secondary N) is 1. The van der Waals surface area contributed by atoms with Crippen molar-refractivity contribution >= 4 is 29.9 Å². The first-order valence-electron chi connectivity index (χ1n) is 8.40. The maximum absolute atomic E-state index is 13.1. The minimum atomic E-state index is -0.644. The van der Waals surface area contributed by atoms with Gasteiger partial charge in [0, 0.05) is 45.3 Å². The Morgan fingerprint density at radius 1 is 1.36 bits per heavy atom. The van der Waals surface area contributed by atoms with E-state index in [0.717, 1.165) is 45.7 Å². The van der Waals surface area contributed by atoms with Gasteiger partial charge in [-0.3, -0.25) is 9.69 Å². The molecule has 1 amide bonds. The quantitative estimate of drug-likeness (QED) is 0.853. The van der Waals surface area contributed by atoms with E-state index in [1.54, 1.807) is 6.92 Å². The molecule has 0 saturated carbocycles. The van der Waals surface area contributed by atoms with Crippen molar-refractivity contribution < 1.29 is 13.9 Å². The Labute approximate surface area is 158 Å². The molecule has 25 heavy (non-hydrogen) atoms. The highest BCUT2D eigenvalue weighted by atomic mass is 35.5. The van der Waals surface area contributed by atoms with Crippen molar-refractivity contribution in [1.82, 2.24) is 15.1 Å². The average molecular weight is 392 g/mol. The molecular formula is C17H24Cl2FN3O2. The molecule has 140 valence electrons.